The van der Waals surface area contributed by atoms with Gasteiger partial charge in [-0.05, 0) is 12.1 Å². The maximum atomic E-state index is 10.9. The molecule has 0 saturated carbocycles. The highest BCUT2D eigenvalue weighted by molar-refractivity contribution is 5.77. The number of hydrogen-bond donors (Lipinski definition) is 2. The van der Waals surface area contributed by atoms with Crippen molar-refractivity contribution in [1.82, 2.24) is 5.43 Å². The van der Waals surface area contributed by atoms with E-state index in [9.17, 15) is 4.79 Å². The van der Waals surface area contributed by atoms with Gasteiger partial charge in [0, 0.05) is 6.42 Å². The molecule has 0 spiro atoms. The van der Waals surface area contributed by atoms with E-state index in [2.05, 4.69) is 10.9 Å². The Bertz CT molecular complexity index is 368. The molecular formula is C10H11N3O. The maximum Gasteiger partial charge on any atom is 0.238 e. The Morgan fingerprint density at radius 3 is 2.86 bits per heavy atom. The van der Waals surface area contributed by atoms with Crippen LogP contribution < -0.4 is 10.9 Å². The zero-order valence-corrected chi connectivity index (χ0v) is 7.87. The first-order valence-electron chi connectivity index (χ1n) is 4.32. The highest BCUT2D eigenvalue weighted by Gasteiger charge is 2.00. The normalized spacial score (nSPS) is 8.86. The average Bonchev–Trinajstić information content (AvgIpc) is 2.26. The zero-order valence-electron chi connectivity index (χ0n) is 7.87. The van der Waals surface area contributed by atoms with E-state index in [0.717, 1.165) is 0 Å². The quantitative estimate of drug-likeness (QED) is 0.706. The SMILES string of the molecule is CCC(=O)NNc1ccccc1C#N. The van der Waals surface area contributed by atoms with Crippen LogP contribution in [0.3, 0.4) is 0 Å². The van der Waals surface area contributed by atoms with Crippen LogP contribution in [0.2, 0.25) is 0 Å². The Kier molecular flexibility index (Phi) is 3.50. The Hall–Kier alpha value is -2.02. The monoisotopic (exact) mass is 189 g/mol. The lowest BCUT2D eigenvalue weighted by molar-refractivity contribution is -0.120. The molecule has 72 valence electrons. The molecule has 1 aromatic carbocycles. The van der Waals surface area contributed by atoms with Crippen LogP contribution in [0.25, 0.3) is 0 Å². The third-order valence-corrected chi connectivity index (χ3v) is 1.71. The molecule has 14 heavy (non-hydrogen) atoms. The van der Waals surface area contributed by atoms with E-state index in [1.54, 1.807) is 31.2 Å². The third-order valence-electron chi connectivity index (χ3n) is 1.71. The molecule has 0 aliphatic heterocycles. The summed E-state index contributed by atoms with van der Waals surface area (Å²) in [5.74, 6) is -0.113. The van der Waals surface area contributed by atoms with Crippen LogP contribution in [0.5, 0.6) is 0 Å². The number of para-hydroxylation sites is 1. The summed E-state index contributed by atoms with van der Waals surface area (Å²) in [6.07, 6.45) is 0.404. The molecule has 1 aromatic rings. The molecule has 0 saturated heterocycles. The van der Waals surface area contributed by atoms with E-state index in [-0.39, 0.29) is 5.91 Å². The fourth-order valence-corrected chi connectivity index (χ4v) is 0.915. The van der Waals surface area contributed by atoms with Gasteiger partial charge in [-0.25, -0.2) is 0 Å². The second kappa shape index (κ2) is 4.87. The second-order valence-electron chi connectivity index (χ2n) is 2.68. The molecule has 0 bridgehead atoms. The molecule has 4 nitrogen and oxygen atoms in total. The molecule has 0 aromatic heterocycles. The Morgan fingerprint density at radius 1 is 1.50 bits per heavy atom. The predicted octanol–water partition coefficient (Wildman–Crippen LogP) is 1.41. The Morgan fingerprint density at radius 2 is 2.21 bits per heavy atom. The maximum absolute atomic E-state index is 10.9. The summed E-state index contributed by atoms with van der Waals surface area (Å²) < 4.78 is 0. The van der Waals surface area contributed by atoms with Crippen LogP contribution >= 0.6 is 0 Å². The smallest absolute Gasteiger partial charge is 0.238 e. The number of carbonyl (C=O) groups excluding carboxylic acids is 1. The van der Waals surface area contributed by atoms with E-state index >= 15 is 0 Å². The first-order valence-corrected chi connectivity index (χ1v) is 4.32. The second-order valence-corrected chi connectivity index (χ2v) is 2.68. The first-order chi connectivity index (χ1) is 6.77. The number of nitrogens with one attached hydrogen (secondary N) is 2. The van der Waals surface area contributed by atoms with Crippen LogP contribution in [0.15, 0.2) is 24.3 Å². The van der Waals surface area contributed by atoms with Crippen molar-refractivity contribution in [3.63, 3.8) is 0 Å². The van der Waals surface area contributed by atoms with Gasteiger partial charge in [0.1, 0.15) is 6.07 Å². The minimum absolute atomic E-state index is 0.113. The number of carbonyl (C=O) groups is 1. The molecule has 4 heteroatoms. The number of benzene rings is 1. The fourth-order valence-electron chi connectivity index (χ4n) is 0.915. The highest BCUT2D eigenvalue weighted by Crippen LogP contribution is 2.11. The van der Waals surface area contributed by atoms with Crippen LogP contribution in [0.4, 0.5) is 5.69 Å². The fraction of sp³-hybridized carbons (Fsp3) is 0.200. The molecule has 0 aliphatic carbocycles. The van der Waals surface area contributed by atoms with Crippen molar-refractivity contribution in [3.8, 4) is 6.07 Å². The van der Waals surface area contributed by atoms with Gasteiger partial charge in [-0.15, -0.1) is 0 Å². The summed E-state index contributed by atoms with van der Waals surface area (Å²) in [5, 5.41) is 8.74. The van der Waals surface area contributed by atoms with Gasteiger partial charge in [-0.3, -0.25) is 15.6 Å². The lowest BCUT2D eigenvalue weighted by Gasteiger charge is -2.08. The van der Waals surface area contributed by atoms with Gasteiger partial charge >= 0.3 is 0 Å². The standard InChI is InChI=1S/C10H11N3O/c1-2-10(14)13-12-9-6-4-3-5-8(9)7-11/h3-6,12H,2H2,1H3,(H,13,14). The van der Waals surface area contributed by atoms with Crippen molar-refractivity contribution in [2.24, 2.45) is 0 Å². The van der Waals surface area contributed by atoms with E-state index in [1.165, 1.54) is 0 Å². The lowest BCUT2D eigenvalue weighted by atomic mass is 10.2. The molecular weight excluding hydrogens is 178 g/mol. The number of nitrogens with zero attached hydrogens (tertiary/aromatic N) is 1. The van der Waals surface area contributed by atoms with Crippen LogP contribution in [0, 0.1) is 11.3 Å². The summed E-state index contributed by atoms with van der Waals surface area (Å²) in [7, 11) is 0. The topological polar surface area (TPSA) is 64.9 Å². The van der Waals surface area contributed by atoms with E-state index in [4.69, 9.17) is 5.26 Å². The van der Waals surface area contributed by atoms with Gasteiger partial charge in [-0.1, -0.05) is 19.1 Å². The van der Waals surface area contributed by atoms with E-state index in [1.807, 2.05) is 6.07 Å². The van der Waals surface area contributed by atoms with E-state index in [0.29, 0.717) is 17.7 Å². The number of rotatable bonds is 3. The van der Waals surface area contributed by atoms with Crippen molar-refractivity contribution < 1.29 is 4.79 Å². The zero-order chi connectivity index (χ0) is 10.4. The third kappa shape index (κ3) is 2.49. The van der Waals surface area contributed by atoms with Crippen LogP contribution in [-0.4, -0.2) is 5.91 Å². The Balaban J connectivity index is 2.68. The number of anilines is 1. The summed E-state index contributed by atoms with van der Waals surface area (Å²) in [5.41, 5.74) is 6.29. The van der Waals surface area contributed by atoms with Crippen LogP contribution in [0.1, 0.15) is 18.9 Å². The number of nitriles is 1. The van der Waals surface area contributed by atoms with Crippen molar-refractivity contribution >= 4 is 11.6 Å². The van der Waals surface area contributed by atoms with Crippen molar-refractivity contribution in [3.05, 3.63) is 29.8 Å². The van der Waals surface area contributed by atoms with Gasteiger partial charge in [0.15, 0.2) is 0 Å². The van der Waals surface area contributed by atoms with Crippen molar-refractivity contribution in [2.75, 3.05) is 5.43 Å². The van der Waals surface area contributed by atoms with Crippen LogP contribution in [-0.2, 0) is 4.79 Å². The van der Waals surface area contributed by atoms with Gasteiger partial charge < -0.3 is 0 Å². The first kappa shape index (κ1) is 10.1. The minimum atomic E-state index is -0.113. The van der Waals surface area contributed by atoms with Gasteiger partial charge in [0.25, 0.3) is 0 Å². The van der Waals surface area contributed by atoms with Gasteiger partial charge in [-0.2, -0.15) is 5.26 Å². The molecule has 1 rings (SSSR count). The summed E-state index contributed by atoms with van der Waals surface area (Å²) in [4.78, 5) is 10.9. The number of hydrazine groups is 1. The molecule has 0 fully saturated rings. The largest absolute Gasteiger partial charge is 0.297 e. The van der Waals surface area contributed by atoms with E-state index < -0.39 is 0 Å². The molecule has 0 radical (unpaired) electrons. The van der Waals surface area contributed by atoms with Crippen molar-refractivity contribution in [2.45, 2.75) is 13.3 Å². The molecule has 0 atom stereocenters. The van der Waals surface area contributed by atoms with Gasteiger partial charge in [0.2, 0.25) is 5.91 Å². The molecule has 1 amide bonds. The number of amides is 1. The molecule has 2 N–H and O–H groups in total. The molecule has 0 unspecified atom stereocenters. The highest BCUT2D eigenvalue weighted by atomic mass is 16.2. The van der Waals surface area contributed by atoms with Crippen molar-refractivity contribution in [1.29, 1.82) is 5.26 Å². The average molecular weight is 189 g/mol. The number of hydrogen-bond acceptors (Lipinski definition) is 3. The summed E-state index contributed by atoms with van der Waals surface area (Å²) in [6, 6.07) is 9.00. The van der Waals surface area contributed by atoms with Gasteiger partial charge in [0.05, 0.1) is 11.3 Å². The summed E-state index contributed by atoms with van der Waals surface area (Å²) >= 11 is 0. The minimum Gasteiger partial charge on any atom is -0.297 e. The summed E-state index contributed by atoms with van der Waals surface area (Å²) in [6.45, 7) is 1.76. The molecule has 0 aliphatic rings. The Labute approximate surface area is 82.5 Å². The predicted molar refractivity (Wildman–Crippen MR) is 53.2 cm³/mol. The lowest BCUT2D eigenvalue weighted by Crippen LogP contribution is -2.28. The molecule has 0 heterocycles.